The Morgan fingerprint density at radius 3 is 2.73 bits per heavy atom. The van der Waals surface area contributed by atoms with Gasteiger partial charge in [-0.1, -0.05) is 18.2 Å². The number of urea groups is 1. The van der Waals surface area contributed by atoms with Crippen molar-refractivity contribution in [3.8, 4) is 0 Å². The second-order valence-electron chi connectivity index (χ2n) is 5.75. The second kappa shape index (κ2) is 6.19. The molecule has 4 N–H and O–H groups in total. The summed E-state index contributed by atoms with van der Waals surface area (Å²) in [5.74, 6) is 0.171. The molecule has 1 fully saturated rings. The van der Waals surface area contributed by atoms with Crippen molar-refractivity contribution < 1.29 is 9.59 Å². The Balaban J connectivity index is 1.60. The lowest BCUT2D eigenvalue weighted by Crippen LogP contribution is -2.44. The number of piperidine rings is 1. The van der Waals surface area contributed by atoms with E-state index in [4.69, 9.17) is 5.73 Å². The fourth-order valence-electron chi connectivity index (χ4n) is 3.21. The molecule has 1 aliphatic heterocycles. The summed E-state index contributed by atoms with van der Waals surface area (Å²) in [7, 11) is 0. The number of fused-ring (bicyclic) bond motifs is 1. The lowest BCUT2D eigenvalue weighted by Gasteiger charge is -2.31. The fourth-order valence-corrected chi connectivity index (χ4v) is 3.21. The van der Waals surface area contributed by atoms with E-state index in [1.807, 2.05) is 6.07 Å². The molecule has 3 amide bonds. The minimum atomic E-state index is -0.793. The van der Waals surface area contributed by atoms with Gasteiger partial charge in [0, 0.05) is 17.1 Å². The van der Waals surface area contributed by atoms with Gasteiger partial charge in [-0.05, 0) is 43.5 Å². The van der Waals surface area contributed by atoms with Gasteiger partial charge in [0.25, 0.3) is 0 Å². The number of carbonyl (C=O) groups excluding carboxylic acids is 2. The van der Waals surface area contributed by atoms with E-state index in [0.717, 1.165) is 25.9 Å². The van der Waals surface area contributed by atoms with Crippen LogP contribution in [0.5, 0.6) is 0 Å². The van der Waals surface area contributed by atoms with Gasteiger partial charge in [-0.3, -0.25) is 15.0 Å². The summed E-state index contributed by atoms with van der Waals surface area (Å²) >= 11 is 0. The van der Waals surface area contributed by atoms with Crippen LogP contribution in [0.3, 0.4) is 0 Å². The van der Waals surface area contributed by atoms with Crippen molar-refractivity contribution in [1.29, 1.82) is 0 Å². The molecular formula is C16H20N4O2. The zero-order valence-electron chi connectivity index (χ0n) is 12.3. The molecule has 0 atom stereocenters. The van der Waals surface area contributed by atoms with Crippen LogP contribution in [0.2, 0.25) is 0 Å². The number of H-pyrrole nitrogens is 1. The van der Waals surface area contributed by atoms with E-state index in [9.17, 15) is 9.59 Å². The van der Waals surface area contributed by atoms with Crippen LogP contribution in [-0.4, -0.2) is 41.5 Å². The van der Waals surface area contributed by atoms with Crippen LogP contribution in [0.15, 0.2) is 30.5 Å². The number of nitrogens with one attached hydrogen (secondary N) is 2. The average molecular weight is 300 g/mol. The largest absolute Gasteiger partial charge is 0.361 e. The smallest absolute Gasteiger partial charge is 0.318 e. The summed E-state index contributed by atoms with van der Waals surface area (Å²) in [5.41, 5.74) is 7.47. The van der Waals surface area contributed by atoms with Crippen LogP contribution in [0.4, 0.5) is 4.79 Å². The van der Waals surface area contributed by atoms with Gasteiger partial charge in [0.05, 0.1) is 6.54 Å². The van der Waals surface area contributed by atoms with Crippen LogP contribution in [0, 0.1) is 0 Å². The standard InChI is InChI=1S/C16H20N4O2/c17-16(22)19-15(21)10-20-7-5-11(6-8-20)13-9-18-14-4-2-1-3-12(13)14/h1-4,9,11,18H,5-8,10H2,(H3,17,19,21,22). The molecule has 0 aliphatic carbocycles. The van der Waals surface area contributed by atoms with Crippen molar-refractivity contribution in [3.05, 3.63) is 36.0 Å². The van der Waals surface area contributed by atoms with Crippen LogP contribution < -0.4 is 11.1 Å². The number of hydrogen-bond donors (Lipinski definition) is 3. The minimum absolute atomic E-state index is 0.226. The molecule has 0 spiro atoms. The summed E-state index contributed by atoms with van der Waals surface area (Å²) in [6.07, 6.45) is 4.11. The molecule has 2 heterocycles. The van der Waals surface area contributed by atoms with E-state index in [0.29, 0.717) is 5.92 Å². The first-order valence-electron chi connectivity index (χ1n) is 7.51. The quantitative estimate of drug-likeness (QED) is 0.803. The van der Waals surface area contributed by atoms with Crippen molar-refractivity contribution in [1.82, 2.24) is 15.2 Å². The van der Waals surface area contributed by atoms with Crippen molar-refractivity contribution in [2.45, 2.75) is 18.8 Å². The summed E-state index contributed by atoms with van der Waals surface area (Å²) in [4.78, 5) is 27.6. The normalized spacial score (nSPS) is 16.7. The number of para-hydroxylation sites is 1. The van der Waals surface area contributed by atoms with E-state index in [1.165, 1.54) is 16.5 Å². The molecule has 0 saturated carbocycles. The Labute approximate surface area is 128 Å². The van der Waals surface area contributed by atoms with Crippen molar-refractivity contribution in [2.75, 3.05) is 19.6 Å². The van der Waals surface area contributed by atoms with Gasteiger partial charge in [0.2, 0.25) is 5.91 Å². The summed E-state index contributed by atoms with van der Waals surface area (Å²) in [5, 5.41) is 3.39. The number of primary amides is 1. The van der Waals surface area contributed by atoms with Gasteiger partial charge >= 0.3 is 6.03 Å². The maximum absolute atomic E-state index is 11.5. The monoisotopic (exact) mass is 300 g/mol. The summed E-state index contributed by atoms with van der Waals surface area (Å²) < 4.78 is 0. The van der Waals surface area contributed by atoms with Gasteiger partial charge in [-0.15, -0.1) is 0 Å². The lowest BCUT2D eigenvalue weighted by molar-refractivity contribution is -0.121. The number of carbonyl (C=O) groups is 2. The average Bonchev–Trinajstić information content (AvgIpc) is 2.91. The van der Waals surface area contributed by atoms with E-state index >= 15 is 0 Å². The van der Waals surface area contributed by atoms with E-state index < -0.39 is 6.03 Å². The zero-order chi connectivity index (χ0) is 15.5. The zero-order valence-corrected chi connectivity index (χ0v) is 12.3. The van der Waals surface area contributed by atoms with Crippen LogP contribution in [0.1, 0.15) is 24.3 Å². The predicted molar refractivity (Wildman–Crippen MR) is 84.4 cm³/mol. The van der Waals surface area contributed by atoms with E-state index in [-0.39, 0.29) is 12.5 Å². The highest BCUT2D eigenvalue weighted by atomic mass is 16.2. The molecule has 1 aliphatic rings. The van der Waals surface area contributed by atoms with Crippen LogP contribution in [-0.2, 0) is 4.79 Å². The molecule has 2 aromatic rings. The maximum Gasteiger partial charge on any atom is 0.318 e. The van der Waals surface area contributed by atoms with E-state index in [2.05, 4.69) is 39.6 Å². The Morgan fingerprint density at radius 2 is 2.00 bits per heavy atom. The molecule has 0 radical (unpaired) electrons. The van der Waals surface area contributed by atoms with Gasteiger partial charge in [0.1, 0.15) is 0 Å². The number of hydrogen-bond acceptors (Lipinski definition) is 3. The number of aromatic nitrogens is 1. The highest BCUT2D eigenvalue weighted by molar-refractivity contribution is 5.94. The number of amides is 3. The molecule has 1 aromatic carbocycles. The second-order valence-corrected chi connectivity index (χ2v) is 5.75. The highest BCUT2D eigenvalue weighted by Crippen LogP contribution is 2.32. The number of likely N-dealkylation sites (tertiary alicyclic amines) is 1. The lowest BCUT2D eigenvalue weighted by atomic mass is 9.89. The van der Waals surface area contributed by atoms with Crippen LogP contribution in [0.25, 0.3) is 10.9 Å². The topological polar surface area (TPSA) is 91.2 Å². The Kier molecular flexibility index (Phi) is 4.11. The predicted octanol–water partition coefficient (Wildman–Crippen LogP) is 1.54. The molecule has 6 heteroatoms. The van der Waals surface area contributed by atoms with Crippen LogP contribution >= 0.6 is 0 Å². The number of aromatic amines is 1. The first-order chi connectivity index (χ1) is 10.6. The molecular weight excluding hydrogens is 280 g/mol. The number of imide groups is 1. The third-order valence-electron chi connectivity index (χ3n) is 4.28. The molecule has 6 nitrogen and oxygen atoms in total. The third kappa shape index (κ3) is 3.12. The minimum Gasteiger partial charge on any atom is -0.361 e. The Morgan fingerprint density at radius 1 is 1.27 bits per heavy atom. The van der Waals surface area contributed by atoms with Gasteiger partial charge in [0.15, 0.2) is 0 Å². The molecule has 116 valence electrons. The Bertz CT molecular complexity index is 686. The first kappa shape index (κ1) is 14.6. The molecule has 0 unspecified atom stereocenters. The fraction of sp³-hybridized carbons (Fsp3) is 0.375. The SMILES string of the molecule is NC(=O)NC(=O)CN1CCC(c2c[nH]c3ccccc23)CC1. The molecule has 22 heavy (non-hydrogen) atoms. The van der Waals surface area contributed by atoms with E-state index in [1.54, 1.807) is 0 Å². The number of nitrogens with two attached hydrogens (primary N) is 1. The molecule has 3 rings (SSSR count). The van der Waals surface area contributed by atoms with Crippen molar-refractivity contribution in [3.63, 3.8) is 0 Å². The van der Waals surface area contributed by atoms with Crippen molar-refractivity contribution in [2.24, 2.45) is 5.73 Å². The molecule has 1 saturated heterocycles. The molecule has 1 aromatic heterocycles. The molecule has 0 bridgehead atoms. The Hall–Kier alpha value is -2.34. The third-order valence-corrected chi connectivity index (χ3v) is 4.28. The number of benzene rings is 1. The summed E-state index contributed by atoms with van der Waals surface area (Å²) in [6, 6.07) is 7.53. The van der Waals surface area contributed by atoms with Gasteiger partial charge in [-0.2, -0.15) is 0 Å². The number of nitrogens with zero attached hydrogens (tertiary/aromatic N) is 1. The number of rotatable bonds is 3. The first-order valence-corrected chi connectivity index (χ1v) is 7.51. The maximum atomic E-state index is 11.5. The van der Waals surface area contributed by atoms with Gasteiger partial charge in [-0.25, -0.2) is 4.79 Å². The van der Waals surface area contributed by atoms with Gasteiger partial charge < -0.3 is 10.7 Å². The highest BCUT2D eigenvalue weighted by Gasteiger charge is 2.24. The van der Waals surface area contributed by atoms with Crippen molar-refractivity contribution >= 4 is 22.8 Å². The summed E-state index contributed by atoms with van der Waals surface area (Å²) in [6.45, 7) is 1.91.